The Balaban J connectivity index is 2.60. The van der Waals surface area contributed by atoms with Gasteiger partial charge in [0.05, 0.1) is 6.54 Å². The second-order valence-electron chi connectivity index (χ2n) is 5.22. The molecule has 1 atom stereocenters. The Morgan fingerprint density at radius 3 is 2.56 bits per heavy atom. The minimum absolute atomic E-state index is 0.0111. The predicted octanol–water partition coefficient (Wildman–Crippen LogP) is 1.71. The van der Waals surface area contributed by atoms with Gasteiger partial charge in [-0.15, -0.1) is 0 Å². The summed E-state index contributed by atoms with van der Waals surface area (Å²) in [6.07, 6.45) is -0.523. The van der Waals surface area contributed by atoms with E-state index < -0.39 is 23.3 Å². The molecule has 0 radical (unpaired) electrons. The number of hydrogen-bond donors (Lipinski definition) is 0. The van der Waals surface area contributed by atoms with Crippen LogP contribution in [0.2, 0.25) is 0 Å². The largest absolute Gasteiger partial charge is 0.447 e. The van der Waals surface area contributed by atoms with Crippen LogP contribution in [-0.4, -0.2) is 47.5 Å². The van der Waals surface area contributed by atoms with E-state index in [0.29, 0.717) is 0 Å². The van der Waals surface area contributed by atoms with E-state index in [1.165, 1.54) is 4.90 Å². The zero-order valence-corrected chi connectivity index (χ0v) is 11.7. The number of ether oxygens (including phenoxy) is 3. The molecule has 1 saturated heterocycles. The molecule has 1 fully saturated rings. The fourth-order valence-corrected chi connectivity index (χ4v) is 1.54. The first-order valence-corrected chi connectivity index (χ1v) is 6.06. The summed E-state index contributed by atoms with van der Waals surface area (Å²) < 4.78 is 15.2. The summed E-state index contributed by atoms with van der Waals surface area (Å²) >= 11 is 5.32. The van der Waals surface area contributed by atoms with Crippen molar-refractivity contribution in [2.45, 2.75) is 38.9 Å². The number of halogens is 1. The highest BCUT2D eigenvalue weighted by Crippen LogP contribution is 2.24. The summed E-state index contributed by atoms with van der Waals surface area (Å²) in [5.41, 5.74) is -1.78. The first-order valence-electron chi connectivity index (χ1n) is 5.53. The van der Waals surface area contributed by atoms with Crippen LogP contribution >= 0.6 is 11.6 Å². The molecule has 0 aromatic heterocycles. The van der Waals surface area contributed by atoms with Crippen LogP contribution in [0.3, 0.4) is 0 Å². The average molecular weight is 280 g/mol. The Kier molecular flexibility index (Phi) is 4.45. The molecule has 1 unspecified atom stereocenters. The summed E-state index contributed by atoms with van der Waals surface area (Å²) in [7, 11) is 0. The van der Waals surface area contributed by atoms with Gasteiger partial charge in [0, 0.05) is 0 Å². The molecule has 1 aliphatic heterocycles. The van der Waals surface area contributed by atoms with E-state index in [1.807, 2.05) is 0 Å². The third-order valence-corrected chi connectivity index (χ3v) is 2.41. The maximum absolute atomic E-state index is 11.8. The van der Waals surface area contributed by atoms with Gasteiger partial charge in [-0.1, -0.05) is 11.6 Å². The third kappa shape index (κ3) is 3.74. The number of carbonyl (C=O) groups is 2. The fourth-order valence-electron chi connectivity index (χ4n) is 1.45. The molecule has 6 nitrogen and oxygen atoms in total. The predicted molar refractivity (Wildman–Crippen MR) is 64.1 cm³/mol. The molecule has 0 bridgehead atoms. The van der Waals surface area contributed by atoms with E-state index in [4.69, 9.17) is 21.1 Å². The Morgan fingerprint density at radius 1 is 1.44 bits per heavy atom. The molecular weight excluding hydrogens is 262 g/mol. The van der Waals surface area contributed by atoms with Crippen molar-refractivity contribution in [3.8, 4) is 0 Å². The highest BCUT2D eigenvalue weighted by atomic mass is 35.5. The van der Waals surface area contributed by atoms with E-state index in [-0.39, 0.29) is 19.3 Å². The van der Waals surface area contributed by atoms with Gasteiger partial charge in [-0.2, -0.15) is 0 Å². The standard InChI is InChI=1S/C11H18ClNO5/c1-10(2,3)18-9(15)13-5-11(4,17-7-13)8(14)16-6-12/h5-7H2,1-4H3. The van der Waals surface area contributed by atoms with Crippen molar-refractivity contribution in [3.63, 3.8) is 0 Å². The van der Waals surface area contributed by atoms with Gasteiger partial charge in [-0.3, -0.25) is 4.90 Å². The lowest BCUT2D eigenvalue weighted by Crippen LogP contribution is -2.43. The SMILES string of the molecule is CC(C)(C)OC(=O)N1COC(C)(C(=O)OCCl)C1. The number of esters is 1. The smallest absolute Gasteiger partial charge is 0.412 e. The van der Waals surface area contributed by atoms with Crippen molar-refractivity contribution in [3.05, 3.63) is 0 Å². The molecule has 18 heavy (non-hydrogen) atoms. The van der Waals surface area contributed by atoms with Crippen LogP contribution in [0.15, 0.2) is 0 Å². The molecule has 0 aromatic rings. The van der Waals surface area contributed by atoms with Crippen LogP contribution in [0.4, 0.5) is 4.79 Å². The molecule has 0 aromatic carbocycles. The van der Waals surface area contributed by atoms with E-state index in [1.54, 1.807) is 27.7 Å². The van der Waals surface area contributed by atoms with Crippen LogP contribution in [0.25, 0.3) is 0 Å². The van der Waals surface area contributed by atoms with Crippen molar-refractivity contribution < 1.29 is 23.8 Å². The summed E-state index contributed by atoms with van der Waals surface area (Å²) in [4.78, 5) is 24.7. The molecule has 0 aliphatic carbocycles. The van der Waals surface area contributed by atoms with Crippen LogP contribution in [0.5, 0.6) is 0 Å². The van der Waals surface area contributed by atoms with Gasteiger partial charge in [-0.05, 0) is 27.7 Å². The highest BCUT2D eigenvalue weighted by molar-refractivity contribution is 6.17. The number of alkyl halides is 1. The van der Waals surface area contributed by atoms with Gasteiger partial charge in [0.2, 0.25) is 0 Å². The van der Waals surface area contributed by atoms with Gasteiger partial charge in [0.1, 0.15) is 12.3 Å². The second kappa shape index (κ2) is 5.32. The zero-order valence-electron chi connectivity index (χ0n) is 11.0. The van der Waals surface area contributed by atoms with Crippen molar-refractivity contribution in [2.24, 2.45) is 0 Å². The topological polar surface area (TPSA) is 65.1 Å². The fraction of sp³-hybridized carbons (Fsp3) is 0.818. The van der Waals surface area contributed by atoms with E-state index in [9.17, 15) is 9.59 Å². The van der Waals surface area contributed by atoms with Gasteiger partial charge >= 0.3 is 12.1 Å². The Labute approximate surface area is 111 Å². The number of hydrogen-bond acceptors (Lipinski definition) is 5. The van der Waals surface area contributed by atoms with Crippen LogP contribution in [-0.2, 0) is 19.0 Å². The van der Waals surface area contributed by atoms with Gasteiger partial charge in [0.25, 0.3) is 0 Å². The zero-order chi connectivity index (χ0) is 14.0. The van der Waals surface area contributed by atoms with E-state index >= 15 is 0 Å². The lowest BCUT2D eigenvalue weighted by atomic mass is 10.1. The maximum atomic E-state index is 11.8. The van der Waals surface area contributed by atoms with Crippen molar-refractivity contribution in [1.82, 2.24) is 4.90 Å². The number of rotatable bonds is 2. The molecule has 7 heteroatoms. The Morgan fingerprint density at radius 2 is 2.06 bits per heavy atom. The molecule has 0 N–H and O–H groups in total. The average Bonchev–Trinajstić information content (AvgIpc) is 2.60. The van der Waals surface area contributed by atoms with Gasteiger partial charge in [-0.25, -0.2) is 9.59 Å². The number of amides is 1. The monoisotopic (exact) mass is 279 g/mol. The Hall–Kier alpha value is -1.01. The minimum Gasteiger partial charge on any atom is -0.447 e. The second-order valence-corrected chi connectivity index (χ2v) is 5.44. The lowest BCUT2D eigenvalue weighted by molar-refractivity contribution is -0.161. The van der Waals surface area contributed by atoms with Crippen LogP contribution in [0, 0.1) is 0 Å². The highest BCUT2D eigenvalue weighted by Gasteiger charge is 2.45. The Bertz CT molecular complexity index is 341. The molecule has 1 amide bonds. The molecular formula is C11H18ClNO5. The van der Waals surface area contributed by atoms with Crippen LogP contribution in [0.1, 0.15) is 27.7 Å². The van der Waals surface area contributed by atoms with Gasteiger partial charge in [0.15, 0.2) is 11.7 Å². The van der Waals surface area contributed by atoms with E-state index in [2.05, 4.69) is 4.74 Å². The minimum atomic E-state index is -1.19. The van der Waals surface area contributed by atoms with Crippen molar-refractivity contribution in [2.75, 3.05) is 19.3 Å². The maximum Gasteiger partial charge on any atom is 0.412 e. The lowest BCUT2D eigenvalue weighted by Gasteiger charge is -2.24. The third-order valence-electron chi connectivity index (χ3n) is 2.30. The molecule has 1 heterocycles. The molecule has 0 spiro atoms. The number of carbonyl (C=O) groups excluding carboxylic acids is 2. The molecule has 1 aliphatic rings. The molecule has 104 valence electrons. The summed E-state index contributed by atoms with van der Waals surface area (Å²) in [5.74, 6) is -0.594. The van der Waals surface area contributed by atoms with Gasteiger partial charge < -0.3 is 14.2 Å². The van der Waals surface area contributed by atoms with Crippen molar-refractivity contribution in [1.29, 1.82) is 0 Å². The first kappa shape index (κ1) is 15.0. The van der Waals surface area contributed by atoms with E-state index in [0.717, 1.165) is 0 Å². The quantitative estimate of drug-likeness (QED) is 0.569. The molecule has 0 saturated carbocycles. The summed E-state index contributed by atoms with van der Waals surface area (Å²) in [5, 5.41) is 0. The summed E-state index contributed by atoms with van der Waals surface area (Å²) in [6.45, 7) is 6.92. The number of nitrogens with zero attached hydrogens (tertiary/aromatic N) is 1. The molecule has 1 rings (SSSR count). The summed E-state index contributed by atoms with van der Waals surface area (Å²) in [6, 6.07) is -0.246. The first-order chi connectivity index (χ1) is 8.18. The normalized spacial score (nSPS) is 23.9. The van der Waals surface area contributed by atoms with Crippen LogP contribution < -0.4 is 0 Å². The van der Waals surface area contributed by atoms with Crippen molar-refractivity contribution >= 4 is 23.7 Å².